The van der Waals surface area contributed by atoms with Crippen molar-refractivity contribution in [3.05, 3.63) is 29.3 Å². The number of piperazine rings is 1. The topological polar surface area (TPSA) is 44.8 Å². The highest BCUT2D eigenvalue weighted by molar-refractivity contribution is 6.33. The second-order valence-corrected chi connectivity index (χ2v) is 5.90. The number of amides is 1. The third-order valence-corrected chi connectivity index (χ3v) is 4.13. The number of halogens is 1. The molecule has 5 nitrogen and oxygen atoms in total. The molecule has 1 aliphatic rings. The summed E-state index contributed by atoms with van der Waals surface area (Å²) in [5.41, 5.74) is 0.673. The van der Waals surface area contributed by atoms with Gasteiger partial charge >= 0.3 is 0 Å². The van der Waals surface area contributed by atoms with E-state index in [1.54, 1.807) is 13.2 Å². The smallest absolute Gasteiger partial charge is 0.238 e. The van der Waals surface area contributed by atoms with E-state index in [1.807, 2.05) is 18.2 Å². The van der Waals surface area contributed by atoms with Gasteiger partial charge in [0.2, 0.25) is 5.91 Å². The molecule has 6 heteroatoms. The second kappa shape index (κ2) is 9.10. The van der Waals surface area contributed by atoms with Crippen LogP contribution in [-0.2, 0) is 9.53 Å². The summed E-state index contributed by atoms with van der Waals surface area (Å²) in [4.78, 5) is 16.7. The van der Waals surface area contributed by atoms with Crippen LogP contribution in [0.3, 0.4) is 0 Å². The average Bonchev–Trinajstić information content (AvgIpc) is 2.51. The van der Waals surface area contributed by atoms with Gasteiger partial charge in [0.05, 0.1) is 17.3 Å². The van der Waals surface area contributed by atoms with Gasteiger partial charge in [0.25, 0.3) is 0 Å². The van der Waals surface area contributed by atoms with E-state index in [1.165, 1.54) is 0 Å². The minimum atomic E-state index is -0.0130. The summed E-state index contributed by atoms with van der Waals surface area (Å²) in [6.07, 6.45) is 1.06. The first-order valence-electron chi connectivity index (χ1n) is 7.67. The molecule has 0 unspecified atom stereocenters. The Kier molecular flexibility index (Phi) is 7.12. The Bertz CT molecular complexity index is 476. The van der Waals surface area contributed by atoms with E-state index in [0.717, 1.165) is 45.8 Å². The van der Waals surface area contributed by atoms with Gasteiger partial charge in [-0.15, -0.1) is 0 Å². The van der Waals surface area contributed by atoms with E-state index in [9.17, 15) is 4.79 Å². The molecule has 1 amide bonds. The van der Waals surface area contributed by atoms with Crippen molar-refractivity contribution in [3.63, 3.8) is 0 Å². The van der Waals surface area contributed by atoms with Crippen LogP contribution in [0.2, 0.25) is 5.02 Å². The standard InChI is InChI=1S/C16H24ClN3O2/c1-22-12-4-7-19-8-10-20(11-9-19)13-16(21)18-15-6-3-2-5-14(15)17/h2-3,5-6H,4,7-13H2,1H3,(H,18,21). The monoisotopic (exact) mass is 325 g/mol. The molecule has 1 aromatic rings. The molecule has 0 bridgehead atoms. The van der Waals surface area contributed by atoms with Crippen LogP contribution in [-0.4, -0.2) is 68.7 Å². The van der Waals surface area contributed by atoms with Gasteiger partial charge in [-0.1, -0.05) is 23.7 Å². The molecule has 1 saturated heterocycles. The van der Waals surface area contributed by atoms with Crippen LogP contribution in [0.5, 0.6) is 0 Å². The lowest BCUT2D eigenvalue weighted by Crippen LogP contribution is -2.48. The molecule has 1 aliphatic heterocycles. The lowest BCUT2D eigenvalue weighted by Gasteiger charge is -2.34. The number of hydrogen-bond donors (Lipinski definition) is 1. The van der Waals surface area contributed by atoms with Crippen LogP contribution >= 0.6 is 11.6 Å². The van der Waals surface area contributed by atoms with Crippen molar-refractivity contribution in [3.8, 4) is 0 Å². The number of nitrogens with zero attached hydrogens (tertiary/aromatic N) is 2. The number of hydrogen-bond acceptors (Lipinski definition) is 4. The lowest BCUT2D eigenvalue weighted by atomic mass is 10.2. The normalized spacial score (nSPS) is 16.6. The summed E-state index contributed by atoms with van der Waals surface area (Å²) in [5, 5.41) is 3.44. The van der Waals surface area contributed by atoms with Crippen molar-refractivity contribution >= 4 is 23.2 Å². The van der Waals surface area contributed by atoms with Gasteiger partial charge < -0.3 is 15.0 Å². The molecule has 0 saturated carbocycles. The number of benzene rings is 1. The van der Waals surface area contributed by atoms with E-state index in [2.05, 4.69) is 15.1 Å². The Morgan fingerprint density at radius 3 is 2.59 bits per heavy atom. The molecule has 1 fully saturated rings. The number of nitrogens with one attached hydrogen (secondary N) is 1. The van der Waals surface area contributed by atoms with Crippen LogP contribution in [0.4, 0.5) is 5.69 Å². The van der Waals surface area contributed by atoms with Gasteiger partial charge in [-0.25, -0.2) is 0 Å². The van der Waals surface area contributed by atoms with Crippen LogP contribution in [0.15, 0.2) is 24.3 Å². The minimum Gasteiger partial charge on any atom is -0.385 e. The Balaban J connectivity index is 1.69. The van der Waals surface area contributed by atoms with Crippen molar-refractivity contribution in [2.24, 2.45) is 0 Å². The van der Waals surface area contributed by atoms with Crippen molar-refractivity contribution in [1.82, 2.24) is 9.80 Å². The number of methoxy groups -OCH3 is 1. The fourth-order valence-corrected chi connectivity index (χ4v) is 2.74. The van der Waals surface area contributed by atoms with Gasteiger partial charge in [-0.3, -0.25) is 9.69 Å². The molecule has 0 aromatic heterocycles. The number of carbonyl (C=O) groups is 1. The molecule has 0 aliphatic carbocycles. The molecule has 0 radical (unpaired) electrons. The first kappa shape index (κ1) is 17.2. The molecule has 1 heterocycles. The van der Waals surface area contributed by atoms with Gasteiger partial charge in [0.15, 0.2) is 0 Å². The maximum atomic E-state index is 12.1. The van der Waals surface area contributed by atoms with E-state index in [4.69, 9.17) is 16.3 Å². The molecule has 0 atom stereocenters. The Hall–Kier alpha value is -1.14. The van der Waals surface area contributed by atoms with Gasteiger partial charge in [-0.05, 0) is 18.6 Å². The van der Waals surface area contributed by atoms with Crippen LogP contribution in [0.1, 0.15) is 6.42 Å². The summed E-state index contributed by atoms with van der Waals surface area (Å²) in [7, 11) is 1.73. The van der Waals surface area contributed by atoms with E-state index >= 15 is 0 Å². The van der Waals surface area contributed by atoms with Gasteiger partial charge in [0.1, 0.15) is 0 Å². The average molecular weight is 326 g/mol. The maximum Gasteiger partial charge on any atom is 0.238 e. The highest BCUT2D eigenvalue weighted by Crippen LogP contribution is 2.20. The largest absolute Gasteiger partial charge is 0.385 e. The van der Waals surface area contributed by atoms with E-state index in [-0.39, 0.29) is 5.91 Å². The SMILES string of the molecule is COCCCN1CCN(CC(=O)Nc2ccccc2Cl)CC1. The predicted octanol–water partition coefficient (Wildman–Crippen LogP) is 1.93. The molecule has 0 spiro atoms. The predicted molar refractivity (Wildman–Crippen MR) is 89.5 cm³/mol. The zero-order valence-corrected chi connectivity index (χ0v) is 13.8. The van der Waals surface area contributed by atoms with Crippen LogP contribution < -0.4 is 5.32 Å². The number of ether oxygens (including phenoxy) is 1. The highest BCUT2D eigenvalue weighted by atomic mass is 35.5. The number of para-hydroxylation sites is 1. The molecule has 1 N–H and O–H groups in total. The van der Waals surface area contributed by atoms with Crippen molar-refractivity contribution in [2.45, 2.75) is 6.42 Å². The molecule has 1 aromatic carbocycles. The zero-order chi connectivity index (χ0) is 15.8. The molecule has 22 heavy (non-hydrogen) atoms. The van der Waals surface area contributed by atoms with Crippen LogP contribution in [0.25, 0.3) is 0 Å². The van der Waals surface area contributed by atoms with Gasteiger partial charge in [0, 0.05) is 46.4 Å². The first-order chi connectivity index (χ1) is 10.7. The van der Waals surface area contributed by atoms with Crippen molar-refractivity contribution in [2.75, 3.05) is 58.3 Å². The minimum absolute atomic E-state index is 0.0130. The summed E-state index contributed by atoms with van der Waals surface area (Å²) in [6.45, 7) is 6.13. The molecular formula is C16H24ClN3O2. The summed E-state index contributed by atoms with van der Waals surface area (Å²) < 4.78 is 5.07. The van der Waals surface area contributed by atoms with Crippen molar-refractivity contribution in [1.29, 1.82) is 0 Å². The third kappa shape index (κ3) is 5.57. The molecule has 122 valence electrons. The Morgan fingerprint density at radius 2 is 1.91 bits per heavy atom. The summed E-state index contributed by atoms with van der Waals surface area (Å²) in [6, 6.07) is 7.30. The van der Waals surface area contributed by atoms with E-state index < -0.39 is 0 Å². The Labute approximate surface area is 137 Å². The molecular weight excluding hydrogens is 302 g/mol. The summed E-state index contributed by atoms with van der Waals surface area (Å²) >= 11 is 6.05. The maximum absolute atomic E-state index is 12.1. The van der Waals surface area contributed by atoms with Gasteiger partial charge in [-0.2, -0.15) is 0 Å². The zero-order valence-electron chi connectivity index (χ0n) is 13.1. The number of carbonyl (C=O) groups excluding carboxylic acids is 1. The lowest BCUT2D eigenvalue weighted by molar-refractivity contribution is -0.117. The van der Waals surface area contributed by atoms with E-state index in [0.29, 0.717) is 17.3 Å². The highest BCUT2D eigenvalue weighted by Gasteiger charge is 2.18. The Morgan fingerprint density at radius 1 is 1.23 bits per heavy atom. The second-order valence-electron chi connectivity index (χ2n) is 5.49. The summed E-state index contributed by atoms with van der Waals surface area (Å²) in [5.74, 6) is -0.0130. The number of rotatable bonds is 7. The third-order valence-electron chi connectivity index (χ3n) is 3.80. The number of anilines is 1. The molecule has 2 rings (SSSR count). The fourth-order valence-electron chi connectivity index (χ4n) is 2.56. The quantitative estimate of drug-likeness (QED) is 0.778. The van der Waals surface area contributed by atoms with Crippen LogP contribution in [0, 0.1) is 0 Å². The van der Waals surface area contributed by atoms with Crippen molar-refractivity contribution < 1.29 is 9.53 Å². The fraction of sp³-hybridized carbons (Fsp3) is 0.562. The first-order valence-corrected chi connectivity index (χ1v) is 8.05.